The first-order valence-electron chi connectivity index (χ1n) is 6.65. The first kappa shape index (κ1) is 13.5. The summed E-state index contributed by atoms with van der Waals surface area (Å²) in [6.07, 6.45) is 1.86. The summed E-state index contributed by atoms with van der Waals surface area (Å²) < 4.78 is 0. The van der Waals surface area contributed by atoms with Crippen molar-refractivity contribution in [2.24, 2.45) is 0 Å². The zero-order chi connectivity index (χ0) is 15.0. The van der Waals surface area contributed by atoms with Crippen LogP contribution < -0.4 is 5.32 Å². The molecule has 1 atom stereocenters. The molecule has 0 radical (unpaired) electrons. The maximum Gasteiger partial charge on any atom is 0.321 e. The summed E-state index contributed by atoms with van der Waals surface area (Å²) in [6.45, 7) is 0. The Morgan fingerprint density at radius 3 is 2.71 bits per heavy atom. The summed E-state index contributed by atoms with van der Waals surface area (Å²) in [5, 5.41) is 12.9. The van der Waals surface area contributed by atoms with Crippen LogP contribution in [0, 0.1) is 0 Å². The second-order valence-electron chi connectivity index (χ2n) is 5.16. The van der Waals surface area contributed by atoms with E-state index in [0.717, 1.165) is 16.5 Å². The molecule has 3 rings (SSSR count). The van der Waals surface area contributed by atoms with Gasteiger partial charge in [-0.15, -0.1) is 0 Å². The number of fused-ring (bicyclic) bond motifs is 1. The molecule has 0 aliphatic heterocycles. The topological polar surface area (TPSA) is 99.3 Å². The van der Waals surface area contributed by atoms with Crippen LogP contribution in [0.3, 0.4) is 0 Å². The third-order valence-electron chi connectivity index (χ3n) is 3.76. The maximum absolute atomic E-state index is 11.4. The van der Waals surface area contributed by atoms with E-state index in [-0.39, 0.29) is 24.4 Å². The Hall–Kier alpha value is -2.47. The lowest BCUT2D eigenvalue weighted by Crippen LogP contribution is -2.58. The summed E-state index contributed by atoms with van der Waals surface area (Å²) in [4.78, 5) is 37.1. The Labute approximate surface area is 120 Å². The van der Waals surface area contributed by atoms with E-state index >= 15 is 0 Å². The first-order valence-corrected chi connectivity index (χ1v) is 6.65. The lowest BCUT2D eigenvalue weighted by molar-refractivity contribution is -0.143. The molecule has 21 heavy (non-hydrogen) atoms. The van der Waals surface area contributed by atoms with E-state index in [4.69, 9.17) is 0 Å². The summed E-state index contributed by atoms with van der Waals surface area (Å²) in [7, 11) is 0. The number of ketones is 2. The van der Waals surface area contributed by atoms with Gasteiger partial charge in [-0.05, 0) is 11.6 Å². The standard InChI is InChI=1S/C15H14N2O4/c18-12-6-13(19)14(12)17-11(15(20)21)5-8-7-16-10-4-2-1-3-9(8)10/h1-4,7,11,14,16-17H,5-6H2,(H,20,21)/t11-/m0/s1. The fourth-order valence-corrected chi connectivity index (χ4v) is 2.55. The van der Waals surface area contributed by atoms with Crippen LogP contribution >= 0.6 is 0 Å². The van der Waals surface area contributed by atoms with Crippen molar-refractivity contribution in [2.45, 2.75) is 24.9 Å². The minimum Gasteiger partial charge on any atom is -0.480 e. The minimum absolute atomic E-state index is 0.100. The summed E-state index contributed by atoms with van der Waals surface area (Å²) in [6, 6.07) is 5.64. The van der Waals surface area contributed by atoms with Crippen molar-refractivity contribution < 1.29 is 19.5 Å². The van der Waals surface area contributed by atoms with E-state index in [1.165, 1.54) is 0 Å². The first-order chi connectivity index (χ1) is 10.1. The Bertz CT molecular complexity index is 720. The third-order valence-corrected chi connectivity index (χ3v) is 3.76. The number of aromatic amines is 1. The van der Waals surface area contributed by atoms with Gasteiger partial charge in [-0.25, -0.2) is 0 Å². The zero-order valence-corrected chi connectivity index (χ0v) is 11.1. The molecule has 0 amide bonds. The van der Waals surface area contributed by atoms with E-state index in [1.807, 2.05) is 24.3 Å². The highest BCUT2D eigenvalue weighted by molar-refractivity contribution is 6.24. The van der Waals surface area contributed by atoms with Gasteiger partial charge in [-0.1, -0.05) is 18.2 Å². The smallest absolute Gasteiger partial charge is 0.321 e. The molecule has 1 aromatic carbocycles. The second-order valence-corrected chi connectivity index (χ2v) is 5.16. The summed E-state index contributed by atoms with van der Waals surface area (Å²) >= 11 is 0. The van der Waals surface area contributed by atoms with Crippen molar-refractivity contribution in [3.63, 3.8) is 0 Å². The van der Waals surface area contributed by atoms with Crippen molar-refractivity contribution in [2.75, 3.05) is 0 Å². The highest BCUT2D eigenvalue weighted by atomic mass is 16.4. The van der Waals surface area contributed by atoms with E-state index in [1.54, 1.807) is 6.20 Å². The van der Waals surface area contributed by atoms with Gasteiger partial charge in [0.25, 0.3) is 0 Å². The minimum atomic E-state index is -1.08. The monoisotopic (exact) mass is 286 g/mol. The van der Waals surface area contributed by atoms with Crippen LogP contribution in [0.5, 0.6) is 0 Å². The number of Topliss-reactive ketones (excluding diaryl/α,β-unsaturated/α-hetero) is 2. The van der Waals surface area contributed by atoms with Gasteiger partial charge in [0.1, 0.15) is 12.1 Å². The molecule has 0 saturated heterocycles. The van der Waals surface area contributed by atoms with E-state index in [2.05, 4.69) is 10.3 Å². The molecule has 1 fully saturated rings. The normalized spacial score (nSPS) is 17.0. The Morgan fingerprint density at radius 1 is 1.33 bits per heavy atom. The molecular weight excluding hydrogens is 272 g/mol. The number of benzene rings is 1. The number of aliphatic carboxylic acids is 1. The molecule has 2 aromatic rings. The molecule has 0 spiro atoms. The number of carboxylic acids is 1. The molecule has 6 heteroatoms. The van der Waals surface area contributed by atoms with Crippen LogP contribution in [-0.4, -0.2) is 39.7 Å². The number of hydrogen-bond acceptors (Lipinski definition) is 4. The maximum atomic E-state index is 11.4. The van der Waals surface area contributed by atoms with Gasteiger partial charge in [0.2, 0.25) is 0 Å². The van der Waals surface area contributed by atoms with E-state index in [9.17, 15) is 19.5 Å². The van der Waals surface area contributed by atoms with Gasteiger partial charge in [-0.2, -0.15) is 0 Å². The predicted molar refractivity (Wildman–Crippen MR) is 75.0 cm³/mol. The zero-order valence-electron chi connectivity index (χ0n) is 11.1. The number of carbonyl (C=O) groups excluding carboxylic acids is 2. The number of para-hydroxylation sites is 1. The quantitative estimate of drug-likeness (QED) is 0.701. The molecule has 1 heterocycles. The number of carbonyl (C=O) groups is 3. The number of H-pyrrole nitrogens is 1. The molecule has 1 aromatic heterocycles. The van der Waals surface area contributed by atoms with Crippen LogP contribution in [0.15, 0.2) is 30.5 Å². The van der Waals surface area contributed by atoms with Gasteiger partial charge in [-0.3, -0.25) is 19.7 Å². The third kappa shape index (κ3) is 2.45. The molecule has 1 saturated carbocycles. The Balaban J connectivity index is 1.80. The van der Waals surface area contributed by atoms with Gasteiger partial charge in [0.15, 0.2) is 11.6 Å². The Kier molecular flexibility index (Phi) is 3.31. The molecule has 1 aliphatic carbocycles. The molecule has 6 nitrogen and oxygen atoms in total. The average Bonchev–Trinajstić information content (AvgIpc) is 2.86. The molecule has 108 valence electrons. The largest absolute Gasteiger partial charge is 0.480 e. The highest BCUT2D eigenvalue weighted by Gasteiger charge is 2.40. The van der Waals surface area contributed by atoms with Gasteiger partial charge in [0, 0.05) is 23.5 Å². The summed E-state index contributed by atoms with van der Waals surface area (Å²) in [5.41, 5.74) is 1.76. The lowest BCUT2D eigenvalue weighted by Gasteiger charge is -2.26. The fourth-order valence-electron chi connectivity index (χ4n) is 2.55. The molecule has 1 aliphatic rings. The summed E-state index contributed by atoms with van der Waals surface area (Å²) in [5.74, 6) is -1.57. The highest BCUT2D eigenvalue weighted by Crippen LogP contribution is 2.20. The predicted octanol–water partition coefficient (Wildman–Crippen LogP) is 0.664. The number of carboxylic acid groups (broad SMARTS) is 1. The fraction of sp³-hybridized carbons (Fsp3) is 0.267. The number of rotatable bonds is 5. The second kappa shape index (κ2) is 5.14. The Morgan fingerprint density at radius 2 is 2.05 bits per heavy atom. The van der Waals surface area contributed by atoms with Gasteiger partial charge < -0.3 is 10.1 Å². The van der Waals surface area contributed by atoms with Crippen molar-refractivity contribution in [3.05, 3.63) is 36.0 Å². The number of nitrogens with one attached hydrogen (secondary N) is 2. The van der Waals surface area contributed by atoms with Crippen LogP contribution in [0.25, 0.3) is 10.9 Å². The average molecular weight is 286 g/mol. The van der Waals surface area contributed by atoms with Gasteiger partial charge >= 0.3 is 5.97 Å². The molecule has 0 unspecified atom stereocenters. The van der Waals surface area contributed by atoms with E-state index in [0.29, 0.717) is 0 Å². The van der Waals surface area contributed by atoms with Gasteiger partial charge in [0.05, 0.1) is 6.42 Å². The lowest BCUT2D eigenvalue weighted by atomic mass is 9.88. The van der Waals surface area contributed by atoms with Crippen molar-refractivity contribution in [1.29, 1.82) is 0 Å². The molecule has 3 N–H and O–H groups in total. The van der Waals surface area contributed by atoms with E-state index < -0.39 is 18.1 Å². The van der Waals surface area contributed by atoms with Crippen molar-refractivity contribution in [1.82, 2.24) is 10.3 Å². The van der Waals surface area contributed by atoms with Crippen molar-refractivity contribution >= 4 is 28.4 Å². The van der Waals surface area contributed by atoms with Crippen LogP contribution in [0.2, 0.25) is 0 Å². The molecular formula is C15H14N2O4. The van der Waals surface area contributed by atoms with Crippen LogP contribution in [0.4, 0.5) is 0 Å². The number of aromatic nitrogens is 1. The van der Waals surface area contributed by atoms with Crippen LogP contribution in [-0.2, 0) is 20.8 Å². The van der Waals surface area contributed by atoms with Crippen molar-refractivity contribution in [3.8, 4) is 0 Å². The SMILES string of the molecule is O=C1CC(=O)C1N[C@@H](Cc1c[nH]c2ccccc12)C(=O)O. The number of hydrogen-bond donors (Lipinski definition) is 3. The van der Waals surface area contributed by atoms with Crippen LogP contribution in [0.1, 0.15) is 12.0 Å². The molecule has 0 bridgehead atoms.